The van der Waals surface area contributed by atoms with Gasteiger partial charge in [-0.25, -0.2) is 0 Å². The number of rotatable bonds is 5. The van der Waals surface area contributed by atoms with Gasteiger partial charge in [0.25, 0.3) is 0 Å². The summed E-state index contributed by atoms with van der Waals surface area (Å²) in [5, 5.41) is 0.820. The van der Waals surface area contributed by atoms with Gasteiger partial charge in [-0.1, -0.05) is 18.0 Å². The molecule has 22 heavy (non-hydrogen) atoms. The number of piperazine rings is 1. The van der Waals surface area contributed by atoms with E-state index in [1.807, 2.05) is 12.1 Å². The van der Waals surface area contributed by atoms with Crippen LogP contribution in [0.1, 0.15) is 25.7 Å². The number of hydrogen-bond acceptors (Lipinski definition) is 3. The van der Waals surface area contributed by atoms with E-state index in [9.17, 15) is 0 Å². The molecule has 122 valence electrons. The van der Waals surface area contributed by atoms with E-state index in [1.165, 1.54) is 70.6 Å². The fourth-order valence-electron chi connectivity index (χ4n) is 3.58. The summed E-state index contributed by atoms with van der Waals surface area (Å²) in [6.07, 6.45) is 5.56. The van der Waals surface area contributed by atoms with Crippen molar-refractivity contribution in [1.29, 1.82) is 0 Å². The van der Waals surface area contributed by atoms with Gasteiger partial charge in [-0.2, -0.15) is 0 Å². The van der Waals surface area contributed by atoms with Gasteiger partial charge < -0.3 is 9.80 Å². The van der Waals surface area contributed by atoms with Gasteiger partial charge in [0.05, 0.1) is 0 Å². The molecule has 0 bridgehead atoms. The van der Waals surface area contributed by atoms with Crippen LogP contribution in [-0.2, 0) is 0 Å². The van der Waals surface area contributed by atoms with Crippen molar-refractivity contribution >= 4 is 17.3 Å². The van der Waals surface area contributed by atoms with Crippen LogP contribution in [0.3, 0.4) is 0 Å². The summed E-state index contributed by atoms with van der Waals surface area (Å²) < 4.78 is 0. The molecule has 4 heteroatoms. The number of nitrogens with zero attached hydrogens (tertiary/aromatic N) is 3. The van der Waals surface area contributed by atoms with Crippen LogP contribution in [0.15, 0.2) is 24.3 Å². The van der Waals surface area contributed by atoms with Gasteiger partial charge in [0, 0.05) is 36.9 Å². The second-order valence-electron chi connectivity index (χ2n) is 6.56. The molecule has 2 aliphatic rings. The third kappa shape index (κ3) is 4.61. The van der Waals surface area contributed by atoms with Crippen molar-refractivity contribution in [2.24, 2.45) is 0 Å². The standard InChI is InChI=1S/C18H28ClN3/c19-17-5-7-18(8-6-17)22-15-13-21(14-16-22)12-4-11-20-9-2-1-3-10-20/h5-8H,1-4,9-16H2. The highest BCUT2D eigenvalue weighted by atomic mass is 35.5. The molecular weight excluding hydrogens is 294 g/mol. The third-order valence-corrected chi connectivity index (χ3v) is 5.21. The Morgan fingerprint density at radius 1 is 0.727 bits per heavy atom. The molecule has 1 aromatic carbocycles. The van der Waals surface area contributed by atoms with Gasteiger partial charge >= 0.3 is 0 Å². The molecule has 2 fully saturated rings. The minimum Gasteiger partial charge on any atom is -0.369 e. The number of benzene rings is 1. The number of hydrogen-bond donors (Lipinski definition) is 0. The first-order chi connectivity index (χ1) is 10.8. The Kier molecular flexibility index (Phi) is 5.99. The molecule has 0 N–H and O–H groups in total. The zero-order valence-corrected chi connectivity index (χ0v) is 14.3. The quantitative estimate of drug-likeness (QED) is 0.823. The molecule has 0 saturated carbocycles. The summed E-state index contributed by atoms with van der Waals surface area (Å²) >= 11 is 5.96. The second kappa shape index (κ2) is 8.19. The molecular formula is C18H28ClN3. The highest BCUT2D eigenvalue weighted by Crippen LogP contribution is 2.19. The van der Waals surface area contributed by atoms with Crippen LogP contribution in [0.5, 0.6) is 0 Å². The Labute approximate surface area is 139 Å². The molecule has 3 nitrogen and oxygen atoms in total. The summed E-state index contributed by atoms with van der Waals surface area (Å²) in [6, 6.07) is 8.24. The van der Waals surface area contributed by atoms with E-state index in [1.54, 1.807) is 0 Å². The van der Waals surface area contributed by atoms with Crippen molar-refractivity contribution < 1.29 is 0 Å². The van der Waals surface area contributed by atoms with Gasteiger partial charge in [-0.15, -0.1) is 0 Å². The Bertz CT molecular complexity index is 434. The molecule has 2 saturated heterocycles. The largest absolute Gasteiger partial charge is 0.369 e. The van der Waals surface area contributed by atoms with E-state index in [0.717, 1.165) is 18.1 Å². The normalized spacial score (nSPS) is 21.2. The average molecular weight is 322 g/mol. The Morgan fingerprint density at radius 2 is 1.32 bits per heavy atom. The summed E-state index contributed by atoms with van der Waals surface area (Å²) in [5.74, 6) is 0. The second-order valence-corrected chi connectivity index (χ2v) is 7.00. The topological polar surface area (TPSA) is 9.72 Å². The van der Waals surface area contributed by atoms with E-state index in [0.29, 0.717) is 0 Å². The lowest BCUT2D eigenvalue weighted by molar-refractivity contribution is 0.198. The van der Waals surface area contributed by atoms with Gasteiger partial charge in [0.15, 0.2) is 0 Å². The van der Waals surface area contributed by atoms with Crippen LogP contribution in [0, 0.1) is 0 Å². The minimum absolute atomic E-state index is 0.820. The lowest BCUT2D eigenvalue weighted by atomic mass is 10.1. The molecule has 0 unspecified atom stereocenters. The number of likely N-dealkylation sites (tertiary alicyclic amines) is 1. The first-order valence-electron chi connectivity index (χ1n) is 8.76. The molecule has 0 atom stereocenters. The Balaban J connectivity index is 1.35. The van der Waals surface area contributed by atoms with E-state index >= 15 is 0 Å². The molecule has 0 aliphatic carbocycles. The summed E-state index contributed by atoms with van der Waals surface area (Å²) in [6.45, 7) is 9.82. The zero-order valence-electron chi connectivity index (χ0n) is 13.5. The van der Waals surface area contributed by atoms with Crippen molar-refractivity contribution in [2.75, 3.05) is 57.3 Å². The summed E-state index contributed by atoms with van der Waals surface area (Å²) in [5.41, 5.74) is 1.30. The lowest BCUT2D eigenvalue weighted by Gasteiger charge is -2.36. The van der Waals surface area contributed by atoms with Gasteiger partial charge in [0.2, 0.25) is 0 Å². The number of halogens is 1. The first-order valence-corrected chi connectivity index (χ1v) is 9.14. The molecule has 0 radical (unpaired) electrons. The van der Waals surface area contributed by atoms with E-state index in [-0.39, 0.29) is 0 Å². The van der Waals surface area contributed by atoms with Crippen LogP contribution in [0.25, 0.3) is 0 Å². The minimum atomic E-state index is 0.820. The van der Waals surface area contributed by atoms with E-state index < -0.39 is 0 Å². The summed E-state index contributed by atoms with van der Waals surface area (Å²) in [4.78, 5) is 7.74. The predicted molar refractivity (Wildman–Crippen MR) is 95.0 cm³/mol. The molecule has 2 heterocycles. The van der Waals surface area contributed by atoms with Crippen LogP contribution < -0.4 is 4.90 Å². The highest BCUT2D eigenvalue weighted by molar-refractivity contribution is 6.30. The monoisotopic (exact) mass is 321 g/mol. The Morgan fingerprint density at radius 3 is 1.95 bits per heavy atom. The van der Waals surface area contributed by atoms with Crippen molar-refractivity contribution in [3.8, 4) is 0 Å². The van der Waals surface area contributed by atoms with Crippen molar-refractivity contribution in [3.05, 3.63) is 29.3 Å². The molecule has 3 rings (SSSR count). The van der Waals surface area contributed by atoms with Crippen LogP contribution in [-0.4, -0.2) is 62.2 Å². The van der Waals surface area contributed by atoms with Crippen LogP contribution in [0.4, 0.5) is 5.69 Å². The van der Waals surface area contributed by atoms with Crippen molar-refractivity contribution in [2.45, 2.75) is 25.7 Å². The molecule has 0 spiro atoms. The zero-order chi connectivity index (χ0) is 15.2. The maximum Gasteiger partial charge on any atom is 0.0407 e. The van der Waals surface area contributed by atoms with Crippen molar-refractivity contribution in [3.63, 3.8) is 0 Å². The number of anilines is 1. The lowest BCUT2D eigenvalue weighted by Crippen LogP contribution is -2.47. The molecule has 2 aliphatic heterocycles. The summed E-state index contributed by atoms with van der Waals surface area (Å²) in [7, 11) is 0. The molecule has 0 aromatic heterocycles. The fraction of sp³-hybridized carbons (Fsp3) is 0.667. The maximum absolute atomic E-state index is 5.96. The highest BCUT2D eigenvalue weighted by Gasteiger charge is 2.17. The SMILES string of the molecule is Clc1ccc(N2CCN(CCCN3CCCCC3)CC2)cc1. The van der Waals surface area contributed by atoms with Gasteiger partial charge in [-0.3, -0.25) is 4.90 Å². The Hall–Kier alpha value is -0.770. The molecule has 0 amide bonds. The fourth-order valence-corrected chi connectivity index (χ4v) is 3.71. The number of piperidine rings is 1. The third-order valence-electron chi connectivity index (χ3n) is 4.96. The van der Waals surface area contributed by atoms with E-state index in [2.05, 4.69) is 26.8 Å². The maximum atomic E-state index is 5.96. The smallest absolute Gasteiger partial charge is 0.0407 e. The average Bonchev–Trinajstić information content (AvgIpc) is 2.57. The van der Waals surface area contributed by atoms with Gasteiger partial charge in [0.1, 0.15) is 0 Å². The van der Waals surface area contributed by atoms with Crippen LogP contribution >= 0.6 is 11.6 Å². The molecule has 1 aromatic rings. The predicted octanol–water partition coefficient (Wildman–Crippen LogP) is 3.34. The van der Waals surface area contributed by atoms with Gasteiger partial charge in [-0.05, 0) is 69.7 Å². The van der Waals surface area contributed by atoms with Crippen LogP contribution in [0.2, 0.25) is 5.02 Å². The van der Waals surface area contributed by atoms with Crippen molar-refractivity contribution in [1.82, 2.24) is 9.80 Å². The first kappa shape index (κ1) is 16.1. The van der Waals surface area contributed by atoms with E-state index in [4.69, 9.17) is 11.6 Å².